The Morgan fingerprint density at radius 2 is 2.29 bits per heavy atom. The van der Waals surface area contributed by atoms with Crippen LogP contribution in [0.1, 0.15) is 6.42 Å². The fourth-order valence-electron chi connectivity index (χ4n) is 0.134. The Morgan fingerprint density at radius 1 is 1.71 bits per heavy atom. The molecule has 0 aromatic rings. The third kappa shape index (κ3) is 6.50. The van der Waals surface area contributed by atoms with Crippen molar-refractivity contribution in [3.8, 4) is 0 Å². The number of halogens is 1. The second kappa shape index (κ2) is 4.65. The van der Waals surface area contributed by atoms with Crippen molar-refractivity contribution in [1.82, 2.24) is 0 Å². The maximum absolute atomic E-state index is 10.0. The summed E-state index contributed by atoms with van der Waals surface area (Å²) in [5.41, 5.74) is 0. The van der Waals surface area contributed by atoms with Gasteiger partial charge in [0, 0.05) is 12.6 Å². The van der Waals surface area contributed by atoms with Crippen LogP contribution in [0.3, 0.4) is 0 Å². The lowest BCUT2D eigenvalue weighted by Gasteiger charge is -1.77. The van der Waals surface area contributed by atoms with E-state index in [1.165, 1.54) is 0 Å². The Kier molecular flexibility index (Phi) is 4.99. The molecule has 0 spiro atoms. The van der Waals surface area contributed by atoms with Gasteiger partial charge in [0.05, 0.1) is 0 Å². The van der Waals surface area contributed by atoms with Gasteiger partial charge in [0.2, 0.25) is 0 Å². The van der Waals surface area contributed by atoms with Crippen molar-refractivity contribution < 1.29 is 9.36 Å². The minimum Gasteiger partial charge on any atom is -0.288 e. The number of hydrogen-bond acceptors (Lipinski definition) is 2. The minimum atomic E-state index is 0.0646. The van der Waals surface area contributed by atoms with Crippen LogP contribution in [0.15, 0.2) is 0 Å². The lowest BCUT2D eigenvalue weighted by molar-refractivity contribution is -0.109. The number of rotatable bonds is 3. The summed E-state index contributed by atoms with van der Waals surface area (Å²) in [6.45, 7) is 0. The molecule has 0 aliphatic carbocycles. The Labute approximate surface area is 57.0 Å². The molecular formula is C3H4IO2P. The van der Waals surface area contributed by atoms with Gasteiger partial charge in [0.25, 0.3) is 0 Å². The van der Waals surface area contributed by atoms with Gasteiger partial charge in [-0.15, -0.1) is 0 Å². The predicted octanol–water partition coefficient (Wildman–Crippen LogP) is 1.63. The molecule has 0 aromatic heterocycles. The Balaban J connectivity index is 2.97. The summed E-state index contributed by atoms with van der Waals surface area (Å²) in [5.74, 6) is 0. The van der Waals surface area contributed by atoms with Crippen LogP contribution in [0.2, 0.25) is 0 Å². The van der Waals surface area contributed by atoms with Crippen LogP contribution < -0.4 is 0 Å². The molecule has 0 saturated heterocycles. The van der Waals surface area contributed by atoms with Gasteiger partial charge >= 0.3 is 0 Å². The van der Waals surface area contributed by atoms with Crippen LogP contribution >= 0.6 is 31.1 Å². The largest absolute Gasteiger partial charge is 0.288 e. The molecule has 0 saturated carbocycles. The third-order valence-electron chi connectivity index (χ3n) is 0.400. The molecule has 0 aliphatic heterocycles. The molecule has 0 fully saturated rings. The maximum Gasteiger partial charge on any atom is 0.193 e. The second-order valence-electron chi connectivity index (χ2n) is 0.958. The van der Waals surface area contributed by atoms with Crippen molar-refractivity contribution >= 4 is 34.8 Å². The summed E-state index contributed by atoms with van der Waals surface area (Å²) in [7, 11) is 0.0646. The normalized spacial score (nSPS) is 9.29. The average Bonchev–Trinajstić information content (AvgIpc) is 1.61. The van der Waals surface area contributed by atoms with Gasteiger partial charge in [0.1, 0.15) is 0 Å². The lowest BCUT2D eigenvalue weighted by Crippen LogP contribution is -1.82. The van der Waals surface area contributed by atoms with Gasteiger partial charge in [-0.3, -0.25) is 9.36 Å². The van der Waals surface area contributed by atoms with Gasteiger partial charge in [-0.2, -0.15) is 0 Å². The average molecular weight is 230 g/mol. The first-order chi connectivity index (χ1) is 3.27. The molecule has 0 bridgehead atoms. The van der Waals surface area contributed by atoms with Crippen molar-refractivity contribution in [2.75, 3.05) is 6.16 Å². The molecule has 7 heavy (non-hydrogen) atoms. The highest BCUT2D eigenvalue weighted by molar-refractivity contribution is 14.1. The lowest BCUT2D eigenvalue weighted by atomic mass is 10.6. The molecule has 0 amide bonds. The predicted molar refractivity (Wildman–Crippen MR) is 36.1 cm³/mol. The van der Waals surface area contributed by atoms with Crippen LogP contribution in [-0.4, -0.2) is 9.95 Å². The van der Waals surface area contributed by atoms with E-state index in [1.54, 1.807) is 22.6 Å². The van der Waals surface area contributed by atoms with Gasteiger partial charge in [-0.25, -0.2) is 0 Å². The summed E-state index contributed by atoms with van der Waals surface area (Å²) in [6.07, 6.45) is 0.882. The van der Waals surface area contributed by atoms with Crippen LogP contribution in [0.5, 0.6) is 0 Å². The molecule has 40 valence electrons. The summed E-state index contributed by atoms with van der Waals surface area (Å²) in [6, 6.07) is 0. The van der Waals surface area contributed by atoms with Crippen LogP contribution in [0.4, 0.5) is 0 Å². The molecule has 0 unspecified atom stereocenters. The molecule has 2 nitrogen and oxygen atoms in total. The molecule has 0 N–H and O–H groups in total. The highest BCUT2D eigenvalue weighted by atomic mass is 127. The third-order valence-corrected chi connectivity index (χ3v) is 1.35. The fraction of sp³-hybridized carbons (Fsp3) is 0.667. The molecule has 0 rings (SSSR count). The van der Waals surface area contributed by atoms with E-state index in [4.69, 9.17) is 0 Å². The van der Waals surface area contributed by atoms with E-state index in [0.29, 0.717) is 12.6 Å². The Hall–Kier alpha value is 0.500. The first-order valence-electron chi connectivity index (χ1n) is 1.75. The Morgan fingerprint density at radius 3 is 2.43 bits per heavy atom. The monoisotopic (exact) mass is 230 g/mol. The second-order valence-corrected chi connectivity index (χ2v) is 2.87. The summed E-state index contributed by atoms with van der Waals surface area (Å²) in [5, 5.41) is 0. The van der Waals surface area contributed by atoms with E-state index in [0.717, 1.165) is 0 Å². The minimum absolute atomic E-state index is 0.0646. The molecule has 0 radical (unpaired) electrons. The Bertz CT molecular complexity index is 83.0. The van der Waals surface area contributed by atoms with Crippen molar-refractivity contribution in [2.45, 2.75) is 6.42 Å². The first-order valence-corrected chi connectivity index (χ1v) is 3.82. The van der Waals surface area contributed by atoms with Gasteiger partial charge < -0.3 is 0 Å². The molecule has 4 heteroatoms. The smallest absolute Gasteiger partial charge is 0.193 e. The van der Waals surface area contributed by atoms with E-state index in [9.17, 15) is 9.36 Å². The summed E-state index contributed by atoms with van der Waals surface area (Å²) >= 11 is 1.68. The highest BCUT2D eigenvalue weighted by Crippen LogP contribution is 1.99. The molecule has 0 aromatic carbocycles. The van der Waals surface area contributed by atoms with Gasteiger partial charge in [0.15, 0.2) is 12.3 Å². The highest BCUT2D eigenvalue weighted by Gasteiger charge is 1.90. The standard InChI is InChI=1S/C3H4IO2P/c4-3(5)1-2-7-6/h1-2H2. The van der Waals surface area contributed by atoms with E-state index < -0.39 is 0 Å². The molecule has 0 atom stereocenters. The van der Waals surface area contributed by atoms with Crippen molar-refractivity contribution in [3.63, 3.8) is 0 Å². The van der Waals surface area contributed by atoms with Crippen LogP contribution in [-0.2, 0) is 9.36 Å². The van der Waals surface area contributed by atoms with Gasteiger partial charge in [-0.05, 0) is 22.6 Å². The fourth-order valence-corrected chi connectivity index (χ4v) is 1.12. The quantitative estimate of drug-likeness (QED) is 0.419. The van der Waals surface area contributed by atoms with Crippen molar-refractivity contribution in [3.05, 3.63) is 0 Å². The molecular weight excluding hydrogens is 226 g/mol. The van der Waals surface area contributed by atoms with Crippen molar-refractivity contribution in [1.29, 1.82) is 0 Å². The van der Waals surface area contributed by atoms with Crippen LogP contribution in [0.25, 0.3) is 0 Å². The van der Waals surface area contributed by atoms with E-state index >= 15 is 0 Å². The zero-order valence-corrected chi connectivity index (χ0v) is 6.61. The van der Waals surface area contributed by atoms with Gasteiger partial charge in [-0.1, -0.05) is 0 Å². The van der Waals surface area contributed by atoms with E-state index in [-0.39, 0.29) is 12.3 Å². The number of carbonyl (C=O) groups excluding carboxylic acids is 1. The van der Waals surface area contributed by atoms with E-state index in [1.807, 2.05) is 0 Å². The first kappa shape index (κ1) is 7.50. The number of hydrogen-bond donors (Lipinski definition) is 0. The zero-order chi connectivity index (χ0) is 5.70. The van der Waals surface area contributed by atoms with Crippen LogP contribution in [0, 0.1) is 0 Å². The summed E-state index contributed by atoms with van der Waals surface area (Å²) in [4.78, 5) is 10.0. The number of carbonyl (C=O) groups is 1. The molecule has 0 heterocycles. The SMILES string of the molecule is O=PCCC(=O)I. The summed E-state index contributed by atoms with van der Waals surface area (Å²) < 4.78 is 9.72. The zero-order valence-electron chi connectivity index (χ0n) is 3.56. The maximum atomic E-state index is 10.0. The topological polar surface area (TPSA) is 34.1 Å². The molecule has 0 aliphatic rings. The van der Waals surface area contributed by atoms with Crippen molar-refractivity contribution in [2.24, 2.45) is 0 Å². The van der Waals surface area contributed by atoms with E-state index in [2.05, 4.69) is 0 Å².